The van der Waals surface area contributed by atoms with Gasteiger partial charge in [0.15, 0.2) is 6.58 Å². The Hall–Kier alpha value is -0.250. The second kappa shape index (κ2) is 6.67. The molecule has 2 rings (SSSR count). The first-order valence-electron chi connectivity index (χ1n) is 7.07. The van der Waals surface area contributed by atoms with Crippen LogP contribution in [0.5, 0.6) is 0 Å². The van der Waals surface area contributed by atoms with Gasteiger partial charge in [0, 0.05) is 11.2 Å². The number of hydrogen-bond acceptors (Lipinski definition) is 4. The minimum Gasteiger partial charge on any atom is -0.462 e. The van der Waals surface area contributed by atoms with Crippen LogP contribution in [0.15, 0.2) is 12.2 Å². The highest BCUT2D eigenvalue weighted by atomic mass is 32.9. The van der Waals surface area contributed by atoms with Gasteiger partial charge in [0.25, 0.3) is 0 Å². The zero-order chi connectivity index (χ0) is 14.8. The molecule has 0 amide bonds. The molecule has 2 fully saturated rings. The molecule has 6 heteroatoms. The molecule has 2 saturated carbocycles. The topological polar surface area (TPSA) is 43.4 Å². The highest BCUT2D eigenvalue weighted by molar-refractivity contribution is 8.32. The Bertz CT molecular complexity index is 511. The number of esters is 1. The van der Waals surface area contributed by atoms with E-state index in [0.717, 1.165) is 48.0 Å². The van der Waals surface area contributed by atoms with Crippen molar-refractivity contribution in [3.05, 3.63) is 12.2 Å². The molecule has 0 bridgehead atoms. The van der Waals surface area contributed by atoms with Crippen molar-refractivity contribution < 1.29 is 14.1 Å². The van der Waals surface area contributed by atoms with Gasteiger partial charge in [0.2, 0.25) is 0 Å². The fourth-order valence-electron chi connectivity index (χ4n) is 3.20. The van der Waals surface area contributed by atoms with Gasteiger partial charge in [-0.1, -0.05) is 6.58 Å². The van der Waals surface area contributed by atoms with E-state index in [9.17, 15) is 9.36 Å². The molecule has 2 unspecified atom stereocenters. The van der Waals surface area contributed by atoms with Crippen LogP contribution in [0.25, 0.3) is 0 Å². The molecule has 2 aliphatic rings. The minimum absolute atomic E-state index is 0.293. The normalized spacial score (nSPS) is 32.5. The molecular formula is C14H21O3PS2. The summed E-state index contributed by atoms with van der Waals surface area (Å²) in [5.74, 6) is 0.341. The summed E-state index contributed by atoms with van der Waals surface area (Å²) in [4.78, 5) is 11.3. The highest BCUT2D eigenvalue weighted by Gasteiger charge is 2.56. The Morgan fingerprint density at radius 2 is 2.15 bits per heavy atom. The lowest BCUT2D eigenvalue weighted by Gasteiger charge is -2.28. The van der Waals surface area contributed by atoms with Gasteiger partial charge < -0.3 is 4.74 Å². The summed E-state index contributed by atoms with van der Waals surface area (Å²) in [5, 5.41) is 0. The molecule has 0 aliphatic heterocycles. The molecule has 0 aromatic heterocycles. The van der Waals surface area contributed by atoms with Crippen LogP contribution < -0.4 is 0 Å². The molecule has 0 saturated heterocycles. The van der Waals surface area contributed by atoms with E-state index >= 15 is 0 Å². The molecule has 0 heterocycles. The van der Waals surface area contributed by atoms with Gasteiger partial charge >= 0.3 is 5.97 Å². The third kappa shape index (κ3) is 3.69. The second-order valence-electron chi connectivity index (χ2n) is 6.09. The number of hydrogen-bond donors (Lipinski definition) is 0. The number of rotatable bonds is 5. The first-order chi connectivity index (χ1) is 9.48. The average Bonchev–Trinajstić information content (AvgIpc) is 3.14. The minimum atomic E-state index is -1.24. The molecular weight excluding hydrogens is 311 g/mol. The van der Waals surface area contributed by atoms with Crippen LogP contribution in [-0.2, 0) is 34.8 Å². The molecule has 3 nitrogen and oxygen atoms in total. The summed E-state index contributed by atoms with van der Waals surface area (Å²) in [6.45, 7) is 4.49. The maximum absolute atomic E-state index is 11.8. The zero-order valence-electron chi connectivity index (χ0n) is 11.8. The van der Waals surface area contributed by atoms with Crippen LogP contribution in [0.3, 0.4) is 0 Å². The van der Waals surface area contributed by atoms with Gasteiger partial charge in [-0.25, -0.2) is 4.79 Å². The Labute approximate surface area is 128 Å². The summed E-state index contributed by atoms with van der Waals surface area (Å²) >= 11 is 4.85. The molecule has 0 aromatic carbocycles. The molecule has 0 radical (unpaired) electrons. The summed E-state index contributed by atoms with van der Waals surface area (Å²) in [7, 11) is 1.11. The van der Waals surface area contributed by atoms with E-state index in [-0.39, 0.29) is 5.97 Å². The smallest absolute Gasteiger partial charge is 0.333 e. The van der Waals surface area contributed by atoms with Crippen LogP contribution in [-0.4, -0.2) is 18.2 Å². The fourth-order valence-corrected chi connectivity index (χ4v) is 6.66. The molecule has 20 heavy (non-hydrogen) atoms. The maximum atomic E-state index is 11.8. The lowest BCUT2D eigenvalue weighted by Crippen LogP contribution is -2.19. The predicted octanol–water partition coefficient (Wildman–Crippen LogP) is 3.73. The molecule has 0 aromatic rings. The first-order valence-corrected chi connectivity index (χ1v) is 10.7. The van der Waals surface area contributed by atoms with Crippen molar-refractivity contribution in [2.45, 2.75) is 51.1 Å². The Balaban J connectivity index is 1.71. The number of carbonyl (C=O) groups excluding carboxylic acids is 1. The van der Waals surface area contributed by atoms with Crippen LogP contribution in [0.2, 0.25) is 0 Å². The van der Waals surface area contributed by atoms with E-state index in [4.69, 9.17) is 15.9 Å². The third-order valence-corrected chi connectivity index (χ3v) is 8.60. The SMILES string of the molecule is C=C(C)C(=O)OCCC1CCC2(CC1)CC2P(=O)=S=S. The Morgan fingerprint density at radius 3 is 2.70 bits per heavy atom. The van der Waals surface area contributed by atoms with E-state index in [2.05, 4.69) is 6.58 Å². The summed E-state index contributed by atoms with van der Waals surface area (Å²) in [5.41, 5.74) is 1.16. The monoisotopic (exact) mass is 332 g/mol. The van der Waals surface area contributed by atoms with E-state index < -0.39 is 6.58 Å². The average molecular weight is 332 g/mol. The van der Waals surface area contributed by atoms with Crippen molar-refractivity contribution in [1.82, 2.24) is 0 Å². The molecule has 2 aliphatic carbocycles. The van der Waals surface area contributed by atoms with E-state index in [1.54, 1.807) is 6.92 Å². The fraction of sp³-hybridized carbons (Fsp3) is 0.786. The largest absolute Gasteiger partial charge is 0.462 e. The zero-order valence-corrected chi connectivity index (χ0v) is 14.3. The van der Waals surface area contributed by atoms with Gasteiger partial charge in [0.1, 0.15) is 0 Å². The predicted molar refractivity (Wildman–Crippen MR) is 85.5 cm³/mol. The lowest BCUT2D eigenvalue weighted by molar-refractivity contribution is -0.139. The second-order valence-corrected chi connectivity index (χ2v) is 10.3. The van der Waals surface area contributed by atoms with Crippen molar-refractivity contribution in [3.8, 4) is 0 Å². The molecule has 112 valence electrons. The summed E-state index contributed by atoms with van der Waals surface area (Å²) in [6, 6.07) is 0. The van der Waals surface area contributed by atoms with E-state index in [1.807, 2.05) is 0 Å². The quantitative estimate of drug-likeness (QED) is 0.437. The standard InChI is InChI=1S/C14H21O3PS2/c1-10(2)13(15)17-8-5-11-3-6-14(7-4-11)9-12(14)18(16)20-19/h11-12H,1,3-9H2,2H3. The van der Waals surface area contributed by atoms with E-state index in [1.165, 1.54) is 0 Å². The first kappa shape index (κ1) is 16.1. The van der Waals surface area contributed by atoms with Crippen LogP contribution in [0.4, 0.5) is 0 Å². The van der Waals surface area contributed by atoms with Crippen molar-refractivity contribution in [3.63, 3.8) is 0 Å². The van der Waals surface area contributed by atoms with Crippen LogP contribution in [0, 0.1) is 11.3 Å². The highest BCUT2D eigenvalue weighted by Crippen LogP contribution is 2.64. The van der Waals surface area contributed by atoms with E-state index in [0.29, 0.717) is 29.2 Å². The van der Waals surface area contributed by atoms with Crippen molar-refractivity contribution in [2.75, 3.05) is 6.61 Å². The third-order valence-electron chi connectivity index (χ3n) is 4.68. The molecule has 0 N–H and O–H groups in total. The maximum Gasteiger partial charge on any atom is 0.333 e. The molecule has 2 atom stereocenters. The van der Waals surface area contributed by atoms with Crippen molar-refractivity contribution in [2.24, 2.45) is 11.3 Å². The Kier molecular flexibility index (Phi) is 5.38. The number of carbonyl (C=O) groups is 1. The van der Waals surface area contributed by atoms with Gasteiger partial charge in [-0.15, -0.1) is 0 Å². The van der Waals surface area contributed by atoms with Crippen LogP contribution >= 0.6 is 6.58 Å². The van der Waals surface area contributed by atoms with Gasteiger partial charge in [0.05, 0.1) is 6.61 Å². The summed E-state index contributed by atoms with van der Waals surface area (Å²) < 4.78 is 16.9. The Morgan fingerprint density at radius 1 is 1.50 bits per heavy atom. The van der Waals surface area contributed by atoms with Gasteiger partial charge in [-0.2, -0.15) is 0 Å². The molecule has 1 spiro atoms. The number of ether oxygens (including phenoxy) is 1. The van der Waals surface area contributed by atoms with Crippen LogP contribution in [0.1, 0.15) is 45.4 Å². The van der Waals surface area contributed by atoms with Gasteiger partial charge in [-0.05, 0) is 77.5 Å². The van der Waals surface area contributed by atoms with Crippen molar-refractivity contribution in [1.29, 1.82) is 0 Å². The van der Waals surface area contributed by atoms with Crippen molar-refractivity contribution >= 4 is 33.2 Å². The van der Waals surface area contributed by atoms with Gasteiger partial charge in [-0.3, -0.25) is 4.57 Å². The summed E-state index contributed by atoms with van der Waals surface area (Å²) in [6.07, 6.45) is 6.67. The lowest BCUT2D eigenvalue weighted by atomic mass is 9.78.